The van der Waals surface area contributed by atoms with Gasteiger partial charge in [0, 0.05) is 17.8 Å². The molecule has 13 heavy (non-hydrogen) atoms. The SMILES string of the molecule is NCc1c(N)cc(C(F)F)nc1I. The van der Waals surface area contributed by atoms with E-state index in [-0.39, 0.29) is 17.9 Å². The maximum absolute atomic E-state index is 12.2. The van der Waals surface area contributed by atoms with E-state index in [4.69, 9.17) is 11.5 Å². The lowest BCUT2D eigenvalue weighted by Crippen LogP contribution is -2.07. The van der Waals surface area contributed by atoms with Crippen LogP contribution in [0.2, 0.25) is 0 Å². The average molecular weight is 299 g/mol. The van der Waals surface area contributed by atoms with Crippen LogP contribution in [0.4, 0.5) is 14.5 Å². The number of alkyl halides is 2. The zero-order valence-electron chi connectivity index (χ0n) is 6.60. The average Bonchev–Trinajstić information content (AvgIpc) is 2.03. The fraction of sp³-hybridized carbons (Fsp3) is 0.286. The fourth-order valence-corrected chi connectivity index (χ4v) is 1.70. The Bertz CT molecular complexity index is 294. The standard InChI is InChI=1S/C7H8F2IN3/c8-6(9)5-1-4(12)3(2-11)7(10)13-5/h1,6H,2,11H2,(H2,12,13). The molecule has 0 unspecified atom stereocenters. The Morgan fingerprint density at radius 1 is 1.54 bits per heavy atom. The molecule has 0 aliphatic heterocycles. The van der Waals surface area contributed by atoms with Crippen LogP contribution in [0.25, 0.3) is 0 Å². The van der Waals surface area contributed by atoms with Crippen molar-refractivity contribution in [2.75, 3.05) is 5.73 Å². The summed E-state index contributed by atoms with van der Waals surface area (Å²) in [5, 5.41) is 0. The molecule has 3 nitrogen and oxygen atoms in total. The number of aromatic nitrogens is 1. The van der Waals surface area contributed by atoms with Crippen molar-refractivity contribution in [1.82, 2.24) is 4.98 Å². The molecule has 0 aliphatic rings. The summed E-state index contributed by atoms with van der Waals surface area (Å²) < 4.78 is 24.9. The molecule has 0 aromatic carbocycles. The summed E-state index contributed by atoms with van der Waals surface area (Å²) in [6.07, 6.45) is -2.59. The van der Waals surface area contributed by atoms with Gasteiger partial charge in [0.15, 0.2) is 0 Å². The molecule has 1 rings (SSSR count). The van der Waals surface area contributed by atoms with Gasteiger partial charge in [0.2, 0.25) is 0 Å². The number of nitrogen functional groups attached to an aromatic ring is 1. The Hall–Kier alpha value is -0.500. The predicted octanol–water partition coefficient (Wildman–Crippen LogP) is 1.66. The van der Waals surface area contributed by atoms with Crippen LogP contribution in [-0.2, 0) is 6.54 Å². The maximum atomic E-state index is 12.2. The Kier molecular flexibility index (Phi) is 3.37. The van der Waals surface area contributed by atoms with Crippen LogP contribution in [0.1, 0.15) is 17.7 Å². The van der Waals surface area contributed by atoms with Gasteiger partial charge in [0.25, 0.3) is 6.43 Å². The van der Waals surface area contributed by atoms with Gasteiger partial charge in [-0.15, -0.1) is 0 Å². The van der Waals surface area contributed by atoms with Gasteiger partial charge in [-0.05, 0) is 28.7 Å². The minimum Gasteiger partial charge on any atom is -0.398 e. The van der Waals surface area contributed by atoms with Crippen LogP contribution < -0.4 is 11.5 Å². The minimum atomic E-state index is -2.59. The van der Waals surface area contributed by atoms with E-state index >= 15 is 0 Å². The van der Waals surface area contributed by atoms with E-state index in [1.54, 1.807) is 0 Å². The normalized spacial score (nSPS) is 10.8. The number of nitrogens with two attached hydrogens (primary N) is 2. The van der Waals surface area contributed by atoms with Crippen molar-refractivity contribution in [2.45, 2.75) is 13.0 Å². The van der Waals surface area contributed by atoms with E-state index in [0.29, 0.717) is 9.26 Å². The molecular formula is C7H8F2IN3. The first-order chi connectivity index (χ1) is 6.06. The summed E-state index contributed by atoms with van der Waals surface area (Å²) in [5.41, 5.74) is 11.5. The molecule has 0 fully saturated rings. The summed E-state index contributed by atoms with van der Waals surface area (Å²) in [6, 6.07) is 1.16. The number of halogens is 3. The Morgan fingerprint density at radius 2 is 2.15 bits per heavy atom. The number of nitrogens with zero attached hydrogens (tertiary/aromatic N) is 1. The molecule has 0 aliphatic carbocycles. The van der Waals surface area contributed by atoms with Crippen LogP contribution in [0.5, 0.6) is 0 Å². The highest BCUT2D eigenvalue weighted by Gasteiger charge is 2.13. The molecule has 0 radical (unpaired) electrons. The van der Waals surface area contributed by atoms with Gasteiger partial charge < -0.3 is 11.5 Å². The molecule has 6 heteroatoms. The van der Waals surface area contributed by atoms with Crippen LogP contribution in [-0.4, -0.2) is 4.98 Å². The highest BCUT2D eigenvalue weighted by Crippen LogP contribution is 2.24. The molecule has 1 aromatic heterocycles. The van der Waals surface area contributed by atoms with Gasteiger partial charge in [-0.3, -0.25) is 0 Å². The van der Waals surface area contributed by atoms with E-state index in [1.807, 2.05) is 22.6 Å². The molecule has 0 amide bonds. The lowest BCUT2D eigenvalue weighted by molar-refractivity contribution is 0.146. The Labute approximate surface area is 87.7 Å². The van der Waals surface area contributed by atoms with Crippen molar-refractivity contribution in [3.63, 3.8) is 0 Å². The highest BCUT2D eigenvalue weighted by atomic mass is 127. The van der Waals surface area contributed by atoms with Gasteiger partial charge in [-0.1, -0.05) is 0 Å². The van der Waals surface area contributed by atoms with Gasteiger partial charge >= 0.3 is 0 Å². The van der Waals surface area contributed by atoms with Crippen molar-refractivity contribution < 1.29 is 8.78 Å². The van der Waals surface area contributed by atoms with Crippen molar-refractivity contribution in [1.29, 1.82) is 0 Å². The number of rotatable bonds is 2. The molecule has 72 valence electrons. The molecule has 1 heterocycles. The molecule has 4 N–H and O–H groups in total. The lowest BCUT2D eigenvalue weighted by Gasteiger charge is -2.07. The smallest absolute Gasteiger partial charge is 0.280 e. The fourth-order valence-electron chi connectivity index (χ4n) is 0.892. The lowest BCUT2D eigenvalue weighted by atomic mass is 10.2. The quantitative estimate of drug-likeness (QED) is 0.645. The predicted molar refractivity (Wildman–Crippen MR) is 54.2 cm³/mol. The van der Waals surface area contributed by atoms with E-state index in [0.717, 1.165) is 6.07 Å². The second-order valence-electron chi connectivity index (χ2n) is 2.41. The molecule has 0 atom stereocenters. The first-order valence-electron chi connectivity index (χ1n) is 3.49. The third-order valence-corrected chi connectivity index (χ3v) is 2.45. The zero-order chi connectivity index (χ0) is 10.0. The van der Waals surface area contributed by atoms with Crippen molar-refractivity contribution in [2.24, 2.45) is 5.73 Å². The summed E-state index contributed by atoms with van der Waals surface area (Å²) in [6.45, 7) is 0.209. The second kappa shape index (κ2) is 4.14. The largest absolute Gasteiger partial charge is 0.398 e. The summed E-state index contributed by atoms with van der Waals surface area (Å²) in [5.74, 6) is 0. The topological polar surface area (TPSA) is 64.9 Å². The van der Waals surface area contributed by atoms with Gasteiger partial charge in [0.05, 0.1) is 0 Å². The molecule has 0 saturated heterocycles. The van der Waals surface area contributed by atoms with E-state index in [2.05, 4.69) is 4.98 Å². The number of hydrogen-bond donors (Lipinski definition) is 2. The van der Waals surface area contributed by atoms with Crippen LogP contribution in [0.15, 0.2) is 6.07 Å². The maximum Gasteiger partial charge on any atom is 0.280 e. The number of anilines is 1. The molecule has 0 saturated carbocycles. The molecule has 0 bridgehead atoms. The van der Waals surface area contributed by atoms with Crippen LogP contribution in [0, 0.1) is 3.70 Å². The first kappa shape index (κ1) is 10.6. The second-order valence-corrected chi connectivity index (χ2v) is 3.43. The monoisotopic (exact) mass is 299 g/mol. The summed E-state index contributed by atoms with van der Waals surface area (Å²) in [4.78, 5) is 3.68. The highest BCUT2D eigenvalue weighted by molar-refractivity contribution is 14.1. The number of pyridine rings is 1. The molecule has 0 spiro atoms. The molecular weight excluding hydrogens is 291 g/mol. The van der Waals surface area contributed by atoms with Crippen LogP contribution >= 0.6 is 22.6 Å². The van der Waals surface area contributed by atoms with Crippen molar-refractivity contribution >= 4 is 28.3 Å². The van der Waals surface area contributed by atoms with E-state index < -0.39 is 6.43 Å². The third kappa shape index (κ3) is 2.25. The van der Waals surface area contributed by atoms with Crippen molar-refractivity contribution in [3.05, 3.63) is 21.0 Å². The van der Waals surface area contributed by atoms with Gasteiger partial charge in [-0.25, -0.2) is 13.8 Å². The van der Waals surface area contributed by atoms with Gasteiger partial charge in [0.1, 0.15) is 9.39 Å². The Balaban J connectivity index is 3.20. The molecule has 1 aromatic rings. The first-order valence-corrected chi connectivity index (χ1v) is 4.57. The van der Waals surface area contributed by atoms with E-state index in [9.17, 15) is 8.78 Å². The Morgan fingerprint density at radius 3 is 2.54 bits per heavy atom. The van der Waals surface area contributed by atoms with E-state index in [1.165, 1.54) is 0 Å². The van der Waals surface area contributed by atoms with Crippen molar-refractivity contribution in [3.8, 4) is 0 Å². The number of hydrogen-bond acceptors (Lipinski definition) is 3. The van der Waals surface area contributed by atoms with Gasteiger partial charge in [-0.2, -0.15) is 0 Å². The third-order valence-electron chi connectivity index (χ3n) is 1.56. The van der Waals surface area contributed by atoms with Crippen LogP contribution in [0.3, 0.4) is 0 Å². The summed E-state index contributed by atoms with van der Waals surface area (Å²) in [7, 11) is 0. The minimum absolute atomic E-state index is 0.209. The zero-order valence-corrected chi connectivity index (χ0v) is 8.76. The summed E-state index contributed by atoms with van der Waals surface area (Å²) >= 11 is 1.84.